The quantitative estimate of drug-likeness (QED) is 0.659. The summed E-state index contributed by atoms with van der Waals surface area (Å²) < 4.78 is 26.3. The Morgan fingerprint density at radius 3 is 2.12 bits per heavy atom. The molecule has 2 aromatic carbocycles. The Hall–Kier alpha value is -3.05. The third kappa shape index (κ3) is 4.13. The standard InChI is InChI=1S/C21H17F2NO2/c22-17-7-3-14(4-8-17)12-19(21(26)16-2-1-11-24-13-16)20(25)15-5-9-18(23)10-6-15/h1-11,13,21,25-26H,12H2/b20-19+. The van der Waals surface area contributed by atoms with Crippen LogP contribution in [-0.4, -0.2) is 15.2 Å². The summed E-state index contributed by atoms with van der Waals surface area (Å²) in [6.07, 6.45) is 2.17. The highest BCUT2D eigenvalue weighted by molar-refractivity contribution is 5.64. The summed E-state index contributed by atoms with van der Waals surface area (Å²) in [5.74, 6) is -0.935. The molecule has 0 aliphatic carbocycles. The highest BCUT2D eigenvalue weighted by Gasteiger charge is 2.20. The number of aromatic nitrogens is 1. The summed E-state index contributed by atoms with van der Waals surface area (Å²) in [6, 6.07) is 14.5. The van der Waals surface area contributed by atoms with Gasteiger partial charge in [-0.1, -0.05) is 18.2 Å². The Morgan fingerprint density at radius 1 is 0.923 bits per heavy atom. The van der Waals surface area contributed by atoms with Crippen LogP contribution in [0.5, 0.6) is 0 Å². The van der Waals surface area contributed by atoms with Gasteiger partial charge in [0.15, 0.2) is 0 Å². The molecule has 5 heteroatoms. The van der Waals surface area contributed by atoms with Crippen LogP contribution < -0.4 is 0 Å². The third-order valence-corrected chi connectivity index (χ3v) is 4.06. The van der Waals surface area contributed by atoms with E-state index in [9.17, 15) is 19.0 Å². The number of hydrogen-bond donors (Lipinski definition) is 2. The molecule has 0 fully saturated rings. The molecule has 0 amide bonds. The lowest BCUT2D eigenvalue weighted by atomic mass is 9.93. The van der Waals surface area contributed by atoms with E-state index in [4.69, 9.17) is 0 Å². The van der Waals surface area contributed by atoms with Crippen LogP contribution in [0, 0.1) is 11.6 Å². The molecule has 3 rings (SSSR count). The number of halogens is 2. The van der Waals surface area contributed by atoms with E-state index in [1.807, 2.05) is 0 Å². The summed E-state index contributed by atoms with van der Waals surface area (Å²) in [5, 5.41) is 21.5. The van der Waals surface area contributed by atoms with E-state index in [0.29, 0.717) is 16.7 Å². The van der Waals surface area contributed by atoms with Crippen LogP contribution in [-0.2, 0) is 6.42 Å². The lowest BCUT2D eigenvalue weighted by molar-refractivity contribution is 0.210. The molecule has 0 aliphatic rings. The van der Waals surface area contributed by atoms with Gasteiger partial charge in [-0.25, -0.2) is 8.78 Å². The summed E-state index contributed by atoms with van der Waals surface area (Å²) in [5.41, 5.74) is 1.93. The smallest absolute Gasteiger partial charge is 0.125 e. The number of rotatable bonds is 5. The monoisotopic (exact) mass is 353 g/mol. The van der Waals surface area contributed by atoms with Gasteiger partial charge in [-0.15, -0.1) is 0 Å². The molecule has 1 unspecified atom stereocenters. The number of benzene rings is 2. The third-order valence-electron chi connectivity index (χ3n) is 4.06. The minimum atomic E-state index is -1.11. The van der Waals surface area contributed by atoms with Gasteiger partial charge in [0, 0.05) is 35.5 Å². The van der Waals surface area contributed by atoms with E-state index in [1.54, 1.807) is 30.5 Å². The second kappa shape index (κ2) is 7.89. The number of aliphatic hydroxyl groups is 2. The van der Waals surface area contributed by atoms with Gasteiger partial charge in [0.1, 0.15) is 23.5 Å². The first kappa shape index (κ1) is 17.8. The zero-order chi connectivity index (χ0) is 18.5. The van der Waals surface area contributed by atoms with Crippen molar-refractivity contribution in [1.29, 1.82) is 0 Å². The molecule has 26 heavy (non-hydrogen) atoms. The van der Waals surface area contributed by atoms with Crippen molar-refractivity contribution in [3.05, 3.63) is 107 Å². The van der Waals surface area contributed by atoms with E-state index in [2.05, 4.69) is 4.98 Å². The molecule has 1 heterocycles. The van der Waals surface area contributed by atoms with Gasteiger partial charge in [0.05, 0.1) is 0 Å². The predicted octanol–water partition coefficient (Wildman–Crippen LogP) is 4.61. The van der Waals surface area contributed by atoms with E-state index in [1.165, 1.54) is 42.6 Å². The largest absolute Gasteiger partial charge is 0.507 e. The summed E-state index contributed by atoms with van der Waals surface area (Å²) >= 11 is 0. The van der Waals surface area contributed by atoms with Crippen molar-refractivity contribution in [2.45, 2.75) is 12.5 Å². The highest BCUT2D eigenvalue weighted by Crippen LogP contribution is 2.30. The molecule has 0 radical (unpaired) electrons. The maximum absolute atomic E-state index is 13.2. The van der Waals surface area contributed by atoms with Crippen molar-refractivity contribution in [2.24, 2.45) is 0 Å². The van der Waals surface area contributed by atoms with Crippen LogP contribution >= 0.6 is 0 Å². The number of aliphatic hydroxyl groups excluding tert-OH is 2. The fourth-order valence-corrected chi connectivity index (χ4v) is 2.66. The molecule has 0 saturated carbocycles. The molecule has 0 bridgehead atoms. The SMILES string of the molecule is O/C(=C(\Cc1ccc(F)cc1)C(O)c1cccnc1)c1ccc(F)cc1. The van der Waals surface area contributed by atoms with E-state index < -0.39 is 11.9 Å². The maximum atomic E-state index is 13.2. The fraction of sp³-hybridized carbons (Fsp3) is 0.0952. The molecule has 1 atom stereocenters. The Balaban J connectivity index is 2.04. The minimum Gasteiger partial charge on any atom is -0.507 e. The zero-order valence-corrected chi connectivity index (χ0v) is 13.8. The molecule has 0 saturated heterocycles. The van der Waals surface area contributed by atoms with E-state index in [0.717, 1.165) is 5.56 Å². The molecule has 0 spiro atoms. The van der Waals surface area contributed by atoms with Crippen LogP contribution in [0.4, 0.5) is 8.78 Å². The normalized spacial score (nSPS) is 13.2. The van der Waals surface area contributed by atoms with Crippen molar-refractivity contribution < 1.29 is 19.0 Å². The second-order valence-corrected chi connectivity index (χ2v) is 5.87. The van der Waals surface area contributed by atoms with Gasteiger partial charge in [-0.2, -0.15) is 0 Å². The minimum absolute atomic E-state index is 0.148. The summed E-state index contributed by atoms with van der Waals surface area (Å²) in [7, 11) is 0. The van der Waals surface area contributed by atoms with Gasteiger partial charge in [-0.3, -0.25) is 4.98 Å². The molecular formula is C21H17F2NO2. The Kier molecular flexibility index (Phi) is 5.39. The number of nitrogens with zero attached hydrogens (tertiary/aromatic N) is 1. The highest BCUT2D eigenvalue weighted by atomic mass is 19.1. The van der Waals surface area contributed by atoms with Crippen LogP contribution in [0.3, 0.4) is 0 Å². The van der Waals surface area contributed by atoms with Crippen molar-refractivity contribution in [1.82, 2.24) is 4.98 Å². The lowest BCUT2D eigenvalue weighted by Gasteiger charge is -2.18. The first-order valence-corrected chi connectivity index (χ1v) is 8.05. The average molecular weight is 353 g/mol. The van der Waals surface area contributed by atoms with Gasteiger partial charge < -0.3 is 10.2 Å². The molecule has 2 N–H and O–H groups in total. The van der Waals surface area contributed by atoms with Crippen LogP contribution in [0.25, 0.3) is 5.76 Å². The van der Waals surface area contributed by atoms with Gasteiger partial charge in [0.2, 0.25) is 0 Å². The first-order valence-electron chi connectivity index (χ1n) is 8.05. The topological polar surface area (TPSA) is 53.4 Å². The van der Waals surface area contributed by atoms with E-state index in [-0.39, 0.29) is 18.0 Å². The molecule has 132 valence electrons. The molecule has 3 aromatic rings. The van der Waals surface area contributed by atoms with Crippen molar-refractivity contribution in [3.63, 3.8) is 0 Å². The summed E-state index contributed by atoms with van der Waals surface area (Å²) in [4.78, 5) is 3.99. The van der Waals surface area contributed by atoms with Crippen LogP contribution in [0.2, 0.25) is 0 Å². The summed E-state index contributed by atoms with van der Waals surface area (Å²) in [6.45, 7) is 0. The molecule has 3 nitrogen and oxygen atoms in total. The van der Waals surface area contributed by atoms with Crippen molar-refractivity contribution in [3.8, 4) is 0 Å². The van der Waals surface area contributed by atoms with E-state index >= 15 is 0 Å². The average Bonchev–Trinajstić information content (AvgIpc) is 2.68. The second-order valence-electron chi connectivity index (χ2n) is 5.87. The van der Waals surface area contributed by atoms with Crippen LogP contribution in [0.15, 0.2) is 78.6 Å². The van der Waals surface area contributed by atoms with Gasteiger partial charge >= 0.3 is 0 Å². The fourth-order valence-electron chi connectivity index (χ4n) is 2.66. The van der Waals surface area contributed by atoms with Gasteiger partial charge in [0.25, 0.3) is 0 Å². The number of hydrogen-bond acceptors (Lipinski definition) is 3. The Morgan fingerprint density at radius 2 is 1.54 bits per heavy atom. The lowest BCUT2D eigenvalue weighted by Crippen LogP contribution is -2.08. The predicted molar refractivity (Wildman–Crippen MR) is 95.2 cm³/mol. The Bertz CT molecular complexity index is 892. The maximum Gasteiger partial charge on any atom is 0.125 e. The van der Waals surface area contributed by atoms with Gasteiger partial charge in [-0.05, 0) is 48.0 Å². The molecule has 1 aromatic heterocycles. The molecular weight excluding hydrogens is 336 g/mol. The van der Waals surface area contributed by atoms with Crippen LogP contribution in [0.1, 0.15) is 22.8 Å². The van der Waals surface area contributed by atoms with Crippen molar-refractivity contribution >= 4 is 5.76 Å². The number of pyridine rings is 1. The molecule has 0 aliphatic heterocycles. The first-order chi connectivity index (χ1) is 12.5. The Labute approximate surface area is 149 Å². The zero-order valence-electron chi connectivity index (χ0n) is 13.8. The van der Waals surface area contributed by atoms with Crippen molar-refractivity contribution in [2.75, 3.05) is 0 Å².